The van der Waals surface area contributed by atoms with Crippen molar-refractivity contribution in [3.8, 4) is 11.6 Å². The molecular weight excluding hydrogens is 458 g/mol. The number of nitrogens with one attached hydrogen (secondary N) is 1. The van der Waals surface area contributed by atoms with Gasteiger partial charge in [0, 0.05) is 30.7 Å². The summed E-state index contributed by atoms with van der Waals surface area (Å²) in [5.74, 6) is 0.167. The van der Waals surface area contributed by atoms with Crippen molar-refractivity contribution in [2.45, 2.75) is 44.4 Å². The van der Waals surface area contributed by atoms with Crippen molar-refractivity contribution in [2.75, 3.05) is 0 Å². The minimum atomic E-state index is -0.568. The molecule has 3 aromatic heterocycles. The van der Waals surface area contributed by atoms with Gasteiger partial charge >= 0.3 is 0 Å². The normalized spacial score (nSPS) is 17.4. The predicted molar refractivity (Wildman–Crippen MR) is 133 cm³/mol. The smallest absolute Gasteiger partial charge is 0.271 e. The largest absolute Gasteiger partial charge is 0.489 e. The third kappa shape index (κ3) is 5.46. The lowest BCUT2D eigenvalue weighted by Gasteiger charge is -2.29. The SMILES string of the molecule is NC(=O)c1cccnc1O[C@H]1CC[C@H](NC(=O)c2cn3ccc(OCc4ccccc4)cc3n2)CC1. The summed E-state index contributed by atoms with van der Waals surface area (Å²) in [5, 5.41) is 3.08. The molecule has 0 spiro atoms. The Bertz CT molecular complexity index is 1360. The first-order chi connectivity index (χ1) is 17.5. The van der Waals surface area contributed by atoms with Gasteiger partial charge in [0.05, 0.1) is 0 Å². The maximum atomic E-state index is 12.9. The molecule has 0 aliphatic heterocycles. The molecule has 4 aromatic rings. The van der Waals surface area contributed by atoms with E-state index in [0.29, 0.717) is 23.7 Å². The molecule has 0 atom stereocenters. The number of carbonyl (C=O) groups excluding carboxylic acids is 2. The van der Waals surface area contributed by atoms with Gasteiger partial charge in [0.15, 0.2) is 0 Å². The first kappa shape index (κ1) is 23.3. The maximum Gasteiger partial charge on any atom is 0.271 e. The lowest BCUT2D eigenvalue weighted by Crippen LogP contribution is -2.40. The van der Waals surface area contributed by atoms with Gasteiger partial charge in [-0.3, -0.25) is 9.59 Å². The van der Waals surface area contributed by atoms with Crippen LogP contribution in [0.4, 0.5) is 0 Å². The Hall–Kier alpha value is -4.40. The first-order valence-corrected chi connectivity index (χ1v) is 11.9. The van der Waals surface area contributed by atoms with E-state index in [2.05, 4.69) is 15.3 Å². The van der Waals surface area contributed by atoms with E-state index in [0.717, 1.165) is 31.2 Å². The van der Waals surface area contributed by atoms with Crippen LogP contribution < -0.4 is 20.5 Å². The number of aromatic nitrogens is 3. The number of hydrogen-bond acceptors (Lipinski definition) is 6. The quantitative estimate of drug-likeness (QED) is 0.394. The Morgan fingerprint density at radius 2 is 1.86 bits per heavy atom. The number of amides is 2. The first-order valence-electron chi connectivity index (χ1n) is 11.9. The van der Waals surface area contributed by atoms with E-state index in [9.17, 15) is 9.59 Å². The highest BCUT2D eigenvalue weighted by Crippen LogP contribution is 2.25. The summed E-state index contributed by atoms with van der Waals surface area (Å²) in [6, 6.07) is 16.9. The molecule has 3 heterocycles. The molecule has 2 amide bonds. The Labute approximate surface area is 208 Å². The highest BCUT2D eigenvalue weighted by molar-refractivity contribution is 5.95. The molecule has 0 unspecified atom stereocenters. The third-order valence-electron chi connectivity index (χ3n) is 6.24. The Kier molecular flexibility index (Phi) is 6.79. The molecule has 0 bridgehead atoms. The second kappa shape index (κ2) is 10.5. The number of nitrogens with two attached hydrogens (primary N) is 1. The topological polar surface area (TPSA) is 121 Å². The number of primary amides is 1. The van der Waals surface area contributed by atoms with Gasteiger partial charge in [-0.2, -0.15) is 0 Å². The van der Waals surface area contributed by atoms with Crippen LogP contribution in [0.3, 0.4) is 0 Å². The Balaban J connectivity index is 1.15. The minimum absolute atomic E-state index is 0.0197. The molecule has 1 fully saturated rings. The highest BCUT2D eigenvalue weighted by atomic mass is 16.5. The molecule has 9 nitrogen and oxygen atoms in total. The molecule has 184 valence electrons. The number of benzene rings is 1. The standard InChI is InChI=1S/C27H27N5O4/c28-25(33)22-7-4-13-29-27(22)36-20-10-8-19(9-11-20)30-26(34)23-16-32-14-12-21(15-24(32)31-23)35-17-18-5-2-1-3-6-18/h1-7,12-16,19-20H,8-11,17H2,(H2,28,33)(H,30,34)/t19-,20-. The van der Waals surface area contributed by atoms with Crippen molar-refractivity contribution < 1.29 is 19.1 Å². The van der Waals surface area contributed by atoms with Crippen LogP contribution in [0.2, 0.25) is 0 Å². The van der Waals surface area contributed by atoms with Crippen molar-refractivity contribution in [3.05, 3.63) is 90.0 Å². The van der Waals surface area contributed by atoms with Crippen LogP contribution in [-0.4, -0.2) is 38.3 Å². The summed E-state index contributed by atoms with van der Waals surface area (Å²) in [5.41, 5.74) is 7.75. The zero-order chi connectivity index (χ0) is 24.9. The Morgan fingerprint density at radius 1 is 1.06 bits per heavy atom. The maximum absolute atomic E-state index is 12.9. The number of pyridine rings is 2. The lowest BCUT2D eigenvalue weighted by atomic mass is 9.93. The summed E-state index contributed by atoms with van der Waals surface area (Å²) in [4.78, 5) is 33.1. The van der Waals surface area contributed by atoms with E-state index in [1.165, 1.54) is 0 Å². The van der Waals surface area contributed by atoms with Crippen LogP contribution >= 0.6 is 0 Å². The third-order valence-corrected chi connectivity index (χ3v) is 6.24. The van der Waals surface area contributed by atoms with E-state index in [1.54, 1.807) is 28.9 Å². The molecule has 1 aromatic carbocycles. The zero-order valence-corrected chi connectivity index (χ0v) is 19.7. The fourth-order valence-corrected chi connectivity index (χ4v) is 4.32. The monoisotopic (exact) mass is 485 g/mol. The fourth-order valence-electron chi connectivity index (χ4n) is 4.32. The summed E-state index contributed by atoms with van der Waals surface area (Å²) < 4.78 is 13.6. The van der Waals surface area contributed by atoms with Crippen LogP contribution in [0.5, 0.6) is 11.6 Å². The van der Waals surface area contributed by atoms with Gasteiger partial charge in [0.1, 0.15) is 35.4 Å². The minimum Gasteiger partial charge on any atom is -0.489 e. The molecule has 1 aliphatic carbocycles. The number of hydrogen-bond donors (Lipinski definition) is 2. The van der Waals surface area contributed by atoms with Gasteiger partial charge in [0.25, 0.3) is 11.8 Å². The average Bonchev–Trinajstić information content (AvgIpc) is 3.33. The van der Waals surface area contributed by atoms with Crippen LogP contribution in [0.25, 0.3) is 5.65 Å². The van der Waals surface area contributed by atoms with E-state index in [1.807, 2.05) is 48.7 Å². The van der Waals surface area contributed by atoms with Gasteiger partial charge < -0.3 is 24.9 Å². The number of ether oxygens (including phenoxy) is 2. The number of carbonyl (C=O) groups is 2. The van der Waals surface area contributed by atoms with E-state index in [4.69, 9.17) is 15.2 Å². The van der Waals surface area contributed by atoms with E-state index >= 15 is 0 Å². The Morgan fingerprint density at radius 3 is 2.64 bits per heavy atom. The average molecular weight is 486 g/mol. The van der Waals surface area contributed by atoms with Crippen molar-refractivity contribution in [3.63, 3.8) is 0 Å². The molecule has 0 saturated heterocycles. The fraction of sp³-hybridized carbons (Fsp3) is 0.259. The van der Waals surface area contributed by atoms with Crippen molar-refractivity contribution >= 4 is 17.5 Å². The number of rotatable bonds is 8. The van der Waals surface area contributed by atoms with Crippen LogP contribution in [-0.2, 0) is 6.61 Å². The van der Waals surface area contributed by atoms with Crippen LogP contribution in [0, 0.1) is 0 Å². The van der Waals surface area contributed by atoms with Crippen molar-refractivity contribution in [1.82, 2.24) is 19.7 Å². The summed E-state index contributed by atoms with van der Waals surface area (Å²) in [6.45, 7) is 0.460. The molecule has 1 aliphatic rings. The highest BCUT2D eigenvalue weighted by Gasteiger charge is 2.26. The molecular formula is C27H27N5O4. The second-order valence-electron chi connectivity index (χ2n) is 8.81. The molecule has 5 rings (SSSR count). The summed E-state index contributed by atoms with van der Waals surface area (Å²) >= 11 is 0. The van der Waals surface area contributed by atoms with Crippen molar-refractivity contribution in [1.29, 1.82) is 0 Å². The predicted octanol–water partition coefficient (Wildman–Crippen LogP) is 3.53. The van der Waals surface area contributed by atoms with Gasteiger partial charge in [-0.25, -0.2) is 9.97 Å². The van der Waals surface area contributed by atoms with Crippen molar-refractivity contribution in [2.24, 2.45) is 5.73 Å². The number of imidazole rings is 1. The zero-order valence-electron chi connectivity index (χ0n) is 19.7. The van der Waals surface area contributed by atoms with Crippen LogP contribution in [0.1, 0.15) is 52.1 Å². The second-order valence-corrected chi connectivity index (χ2v) is 8.81. The van der Waals surface area contributed by atoms with Gasteiger partial charge in [-0.15, -0.1) is 0 Å². The molecule has 0 radical (unpaired) electrons. The van der Waals surface area contributed by atoms with Gasteiger partial charge in [0.2, 0.25) is 5.88 Å². The number of fused-ring (bicyclic) bond motifs is 1. The molecule has 36 heavy (non-hydrogen) atoms. The summed E-state index contributed by atoms with van der Waals surface area (Å²) in [6.07, 6.45) is 7.99. The molecule has 3 N–H and O–H groups in total. The molecule has 9 heteroatoms. The van der Waals surface area contributed by atoms with E-state index in [-0.39, 0.29) is 29.5 Å². The van der Waals surface area contributed by atoms with E-state index < -0.39 is 5.91 Å². The van der Waals surface area contributed by atoms with Crippen LogP contribution in [0.15, 0.2) is 73.2 Å². The van der Waals surface area contributed by atoms with Gasteiger partial charge in [-0.1, -0.05) is 30.3 Å². The molecule has 1 saturated carbocycles. The van der Waals surface area contributed by atoms with Gasteiger partial charge in [-0.05, 0) is 49.4 Å². The summed E-state index contributed by atoms with van der Waals surface area (Å²) in [7, 11) is 0. The lowest BCUT2D eigenvalue weighted by molar-refractivity contribution is 0.0877. The number of nitrogens with zero attached hydrogens (tertiary/aromatic N) is 3.